The highest BCUT2D eigenvalue weighted by Crippen LogP contribution is 2.43. The summed E-state index contributed by atoms with van der Waals surface area (Å²) in [4.78, 5) is 0. The van der Waals surface area contributed by atoms with E-state index in [0.29, 0.717) is 11.3 Å². The molecule has 1 nitrogen and oxygen atoms in total. The number of pyridine rings is 1. The fraction of sp³-hybridized carbons (Fsp3) is 0.500. The van der Waals surface area contributed by atoms with E-state index in [1.165, 1.54) is 75.7 Å². The molecule has 1 aliphatic rings. The van der Waals surface area contributed by atoms with E-state index in [-0.39, 0.29) is 0 Å². The number of benzene rings is 2. The lowest BCUT2D eigenvalue weighted by atomic mass is 9.71. The number of nitrogens with zero attached hydrogens (tertiary/aromatic N) is 1. The summed E-state index contributed by atoms with van der Waals surface area (Å²) < 4.78 is 2.40. The molecule has 1 heterocycles. The number of rotatable bonds is 4. The van der Waals surface area contributed by atoms with Gasteiger partial charge in [-0.2, -0.15) is 4.57 Å². The topological polar surface area (TPSA) is 3.88 Å². The number of hydrogen-bond donors (Lipinski definition) is 0. The van der Waals surface area contributed by atoms with Crippen molar-refractivity contribution in [3.8, 4) is 11.3 Å². The van der Waals surface area contributed by atoms with Crippen molar-refractivity contribution in [2.24, 2.45) is 12.5 Å². The summed E-state index contributed by atoms with van der Waals surface area (Å²) in [6, 6.07) is 14.5. The molecule has 1 fully saturated rings. The van der Waals surface area contributed by atoms with Crippen LogP contribution in [0.2, 0.25) is 0 Å². The maximum Gasteiger partial charge on any atom is 0.220 e. The van der Waals surface area contributed by atoms with E-state index in [0.717, 1.165) is 12.8 Å². The van der Waals surface area contributed by atoms with E-state index < -0.39 is 0 Å². The Balaban J connectivity index is 1.87. The molecule has 0 aliphatic heterocycles. The van der Waals surface area contributed by atoms with Gasteiger partial charge in [0.05, 0.1) is 10.9 Å². The van der Waals surface area contributed by atoms with Gasteiger partial charge in [0.2, 0.25) is 5.69 Å². The highest BCUT2D eigenvalue weighted by molar-refractivity contribution is 5.94. The Morgan fingerprint density at radius 1 is 0.935 bits per heavy atom. The second-order valence-corrected chi connectivity index (χ2v) is 10.6. The first-order valence-corrected chi connectivity index (χ1v) is 12.3. The summed E-state index contributed by atoms with van der Waals surface area (Å²) in [6.45, 7) is 13.9. The predicted molar refractivity (Wildman–Crippen MR) is 134 cm³/mol. The molecule has 0 saturated heterocycles. The van der Waals surface area contributed by atoms with Gasteiger partial charge >= 0.3 is 0 Å². The van der Waals surface area contributed by atoms with Gasteiger partial charge in [-0.25, -0.2) is 0 Å². The minimum atomic E-state index is 0.518. The number of fused-ring (bicyclic) bond motifs is 1. The summed E-state index contributed by atoms with van der Waals surface area (Å²) in [5.41, 5.74) is 10.5. The van der Waals surface area contributed by atoms with Crippen LogP contribution in [0.5, 0.6) is 0 Å². The van der Waals surface area contributed by atoms with Gasteiger partial charge in [-0.05, 0) is 96.6 Å². The fourth-order valence-corrected chi connectivity index (χ4v) is 5.57. The highest BCUT2D eigenvalue weighted by atomic mass is 14.9. The normalized spacial score (nSPS) is 16.7. The average molecular weight is 415 g/mol. The van der Waals surface area contributed by atoms with Crippen molar-refractivity contribution in [1.82, 2.24) is 0 Å². The number of aryl methyl sites for hydroxylation is 3. The molecule has 1 saturated carbocycles. The summed E-state index contributed by atoms with van der Waals surface area (Å²) in [5, 5.41) is 2.78. The van der Waals surface area contributed by atoms with Crippen LogP contribution >= 0.6 is 0 Å². The van der Waals surface area contributed by atoms with Crippen LogP contribution in [-0.2, 0) is 19.9 Å². The molecule has 0 N–H and O–H groups in total. The van der Waals surface area contributed by atoms with Crippen LogP contribution in [-0.4, -0.2) is 0 Å². The third kappa shape index (κ3) is 4.16. The fourth-order valence-electron chi connectivity index (χ4n) is 5.57. The van der Waals surface area contributed by atoms with Crippen molar-refractivity contribution in [2.75, 3.05) is 0 Å². The third-order valence-electron chi connectivity index (χ3n) is 7.99. The van der Waals surface area contributed by atoms with E-state index >= 15 is 0 Å². The molecule has 164 valence electrons. The van der Waals surface area contributed by atoms with Crippen molar-refractivity contribution in [3.63, 3.8) is 0 Å². The molecule has 1 heteroatoms. The van der Waals surface area contributed by atoms with Gasteiger partial charge in [0.25, 0.3) is 0 Å². The maximum atomic E-state index is 2.49. The van der Waals surface area contributed by atoms with Gasteiger partial charge in [0, 0.05) is 13.0 Å². The molecule has 0 radical (unpaired) electrons. The Morgan fingerprint density at radius 2 is 1.65 bits per heavy atom. The second-order valence-electron chi connectivity index (χ2n) is 10.6. The smallest absolute Gasteiger partial charge is 0.198 e. The standard InChI is InChI=1S/C30H40N/c1-8-22-17-23(9-2)21(4)28(18-22)29-27-11-10-25(19-26(27)16-20(3)31(29)7)24-12-14-30(5,6)15-13-24/h10-11,16-19,24H,8-9,12-15H2,1-7H3/q+1. The van der Waals surface area contributed by atoms with Crippen LogP contribution in [0, 0.1) is 19.3 Å². The first kappa shape index (κ1) is 22.1. The third-order valence-corrected chi connectivity index (χ3v) is 7.99. The van der Waals surface area contributed by atoms with Gasteiger partial charge in [-0.1, -0.05) is 45.9 Å². The van der Waals surface area contributed by atoms with E-state index in [9.17, 15) is 0 Å². The zero-order valence-corrected chi connectivity index (χ0v) is 20.7. The van der Waals surface area contributed by atoms with Gasteiger partial charge in [-0.15, -0.1) is 0 Å². The van der Waals surface area contributed by atoms with Crippen LogP contribution in [0.15, 0.2) is 36.4 Å². The molecular formula is C30H40N+. The minimum absolute atomic E-state index is 0.518. The number of hydrogen-bond acceptors (Lipinski definition) is 0. The van der Waals surface area contributed by atoms with Crippen LogP contribution in [0.3, 0.4) is 0 Å². The van der Waals surface area contributed by atoms with Gasteiger partial charge < -0.3 is 0 Å². The van der Waals surface area contributed by atoms with Crippen LogP contribution in [0.25, 0.3) is 22.0 Å². The molecule has 0 amide bonds. The lowest BCUT2D eigenvalue weighted by Gasteiger charge is -2.34. The molecule has 1 aromatic heterocycles. The highest BCUT2D eigenvalue weighted by Gasteiger charge is 2.28. The first-order chi connectivity index (χ1) is 14.7. The molecule has 0 atom stereocenters. The van der Waals surface area contributed by atoms with Crippen LogP contribution < -0.4 is 4.57 Å². The van der Waals surface area contributed by atoms with Crippen LogP contribution in [0.4, 0.5) is 0 Å². The monoisotopic (exact) mass is 414 g/mol. The summed E-state index contributed by atoms with van der Waals surface area (Å²) >= 11 is 0. The van der Waals surface area contributed by atoms with E-state index in [1.54, 1.807) is 0 Å². The Kier molecular flexibility index (Phi) is 5.99. The Labute approximate surface area is 189 Å². The van der Waals surface area contributed by atoms with Gasteiger partial charge in [-0.3, -0.25) is 0 Å². The molecule has 0 bridgehead atoms. The Hall–Kier alpha value is -2.15. The first-order valence-electron chi connectivity index (χ1n) is 12.3. The molecular weight excluding hydrogens is 374 g/mol. The van der Waals surface area contributed by atoms with E-state index in [4.69, 9.17) is 0 Å². The molecule has 2 aromatic carbocycles. The molecule has 4 rings (SSSR count). The van der Waals surface area contributed by atoms with Crippen molar-refractivity contribution in [2.45, 2.75) is 86.0 Å². The molecule has 0 unspecified atom stereocenters. The Bertz CT molecular complexity index is 1110. The summed E-state index contributed by atoms with van der Waals surface area (Å²) in [7, 11) is 2.23. The average Bonchev–Trinajstić information content (AvgIpc) is 2.75. The largest absolute Gasteiger partial charge is 0.220 e. The van der Waals surface area contributed by atoms with Crippen molar-refractivity contribution >= 4 is 10.8 Å². The molecule has 3 aromatic rings. The lowest BCUT2D eigenvalue weighted by molar-refractivity contribution is -0.665. The minimum Gasteiger partial charge on any atom is -0.198 e. The Morgan fingerprint density at radius 3 is 2.29 bits per heavy atom. The van der Waals surface area contributed by atoms with E-state index in [2.05, 4.69) is 89.6 Å². The molecule has 31 heavy (non-hydrogen) atoms. The zero-order valence-electron chi connectivity index (χ0n) is 20.7. The summed E-state index contributed by atoms with van der Waals surface area (Å²) in [6.07, 6.45) is 7.49. The molecule has 1 aliphatic carbocycles. The van der Waals surface area contributed by atoms with Crippen molar-refractivity contribution in [3.05, 3.63) is 64.3 Å². The van der Waals surface area contributed by atoms with Crippen molar-refractivity contribution < 1.29 is 4.57 Å². The summed E-state index contributed by atoms with van der Waals surface area (Å²) in [5.74, 6) is 0.715. The lowest BCUT2D eigenvalue weighted by Crippen LogP contribution is -2.35. The van der Waals surface area contributed by atoms with Gasteiger partial charge in [0.1, 0.15) is 7.05 Å². The number of aromatic nitrogens is 1. The second kappa shape index (κ2) is 8.41. The van der Waals surface area contributed by atoms with Crippen LogP contribution in [0.1, 0.15) is 87.2 Å². The van der Waals surface area contributed by atoms with Crippen molar-refractivity contribution in [1.29, 1.82) is 0 Å². The molecule has 0 spiro atoms. The SMILES string of the molecule is CCc1cc(CC)c(C)c(-c2c3ccc(C4CCC(C)(C)CC4)cc3cc(C)[n+]2C)c1. The van der Waals surface area contributed by atoms with Gasteiger partial charge in [0.15, 0.2) is 5.69 Å². The maximum absolute atomic E-state index is 2.49. The van der Waals surface area contributed by atoms with E-state index in [1.807, 2.05) is 0 Å². The zero-order chi connectivity index (χ0) is 22.3. The predicted octanol–water partition coefficient (Wildman–Crippen LogP) is 7.76. The quantitative estimate of drug-likeness (QED) is 0.384.